The number of carbonyl (C=O) groups is 1. The Labute approximate surface area is 154 Å². The molecule has 0 spiro atoms. The van der Waals surface area contributed by atoms with Crippen molar-refractivity contribution < 1.29 is 13.2 Å². The molecule has 134 valence electrons. The molecule has 0 fully saturated rings. The van der Waals surface area contributed by atoms with Crippen molar-refractivity contribution in [2.24, 2.45) is 0 Å². The smallest absolute Gasteiger partial charge is 0.287 e. The summed E-state index contributed by atoms with van der Waals surface area (Å²) in [5.41, 5.74) is -0.312. The summed E-state index contributed by atoms with van der Waals surface area (Å²) in [5.74, 6) is -0.531. The molecule has 0 unspecified atom stereocenters. The molecule has 0 aliphatic heterocycles. The molecule has 25 heavy (non-hydrogen) atoms. The van der Waals surface area contributed by atoms with Gasteiger partial charge in [-0.1, -0.05) is 23.2 Å². The van der Waals surface area contributed by atoms with Gasteiger partial charge in [0.05, 0.1) is 16.1 Å². The van der Waals surface area contributed by atoms with Crippen LogP contribution in [0.5, 0.6) is 0 Å². The Morgan fingerprint density at radius 1 is 1.24 bits per heavy atom. The van der Waals surface area contributed by atoms with Crippen LogP contribution in [0.1, 0.15) is 0 Å². The number of aromatic nitrogens is 2. The van der Waals surface area contributed by atoms with Gasteiger partial charge in [-0.15, -0.1) is 0 Å². The summed E-state index contributed by atoms with van der Waals surface area (Å²) in [6.45, 7) is -0.368. The van der Waals surface area contributed by atoms with Crippen LogP contribution in [0.2, 0.25) is 10.0 Å². The van der Waals surface area contributed by atoms with E-state index in [1.165, 1.54) is 44.6 Å². The van der Waals surface area contributed by atoms with E-state index in [1.54, 1.807) is 0 Å². The lowest BCUT2D eigenvalue weighted by molar-refractivity contribution is -0.117. The Morgan fingerprint density at radius 2 is 1.84 bits per heavy atom. The molecule has 0 atom stereocenters. The van der Waals surface area contributed by atoms with Crippen LogP contribution in [0.3, 0.4) is 0 Å². The first-order valence-corrected chi connectivity index (χ1v) is 9.06. The van der Waals surface area contributed by atoms with Crippen molar-refractivity contribution in [1.29, 1.82) is 0 Å². The van der Waals surface area contributed by atoms with Crippen LogP contribution < -0.4 is 10.9 Å². The molecule has 8 nitrogen and oxygen atoms in total. The van der Waals surface area contributed by atoms with Crippen LogP contribution in [0.4, 0.5) is 5.69 Å². The minimum Gasteiger partial charge on any atom is -0.324 e. The predicted molar refractivity (Wildman–Crippen MR) is 94.5 cm³/mol. The van der Waals surface area contributed by atoms with E-state index in [0.29, 0.717) is 5.69 Å². The maximum atomic E-state index is 12.0. The molecule has 0 bridgehead atoms. The number of sulfonamides is 1. The summed E-state index contributed by atoms with van der Waals surface area (Å²) in [5, 5.41) is 6.05. The third kappa shape index (κ3) is 4.37. The highest BCUT2D eigenvalue weighted by Gasteiger charge is 2.17. The molecule has 0 aliphatic carbocycles. The van der Waals surface area contributed by atoms with Gasteiger partial charge < -0.3 is 5.32 Å². The number of anilines is 1. The van der Waals surface area contributed by atoms with E-state index >= 15 is 0 Å². The zero-order chi connectivity index (χ0) is 18.8. The van der Waals surface area contributed by atoms with Gasteiger partial charge >= 0.3 is 0 Å². The molecular weight excluding hydrogens is 391 g/mol. The van der Waals surface area contributed by atoms with Crippen LogP contribution in [0.25, 0.3) is 0 Å². The van der Waals surface area contributed by atoms with Crippen LogP contribution in [0.15, 0.2) is 40.2 Å². The maximum Gasteiger partial charge on any atom is 0.287 e. The van der Waals surface area contributed by atoms with Crippen LogP contribution >= 0.6 is 23.2 Å². The number of halogens is 2. The van der Waals surface area contributed by atoms with Crippen LogP contribution in [-0.4, -0.2) is 42.5 Å². The van der Waals surface area contributed by atoms with E-state index in [4.69, 9.17) is 23.2 Å². The lowest BCUT2D eigenvalue weighted by atomic mass is 10.3. The van der Waals surface area contributed by atoms with Gasteiger partial charge in [0.15, 0.2) is 0 Å². The molecule has 0 saturated carbocycles. The van der Waals surface area contributed by atoms with Crippen molar-refractivity contribution >= 4 is 44.8 Å². The van der Waals surface area contributed by atoms with Gasteiger partial charge in [0.2, 0.25) is 15.9 Å². The molecule has 1 aromatic carbocycles. The Kier molecular flexibility index (Phi) is 5.83. The number of amides is 1. The summed E-state index contributed by atoms with van der Waals surface area (Å²) >= 11 is 11.4. The third-order valence-electron chi connectivity index (χ3n) is 3.15. The second-order valence-corrected chi connectivity index (χ2v) is 8.07. The average molecular weight is 405 g/mol. The molecule has 11 heteroatoms. The van der Waals surface area contributed by atoms with Gasteiger partial charge in [0, 0.05) is 19.8 Å². The SMILES string of the molecule is CN(C)S(=O)(=O)c1ccc(NC(=O)Cn2ncc(Cl)c(Cl)c2=O)cc1. The number of carbonyl (C=O) groups excluding carboxylic acids is 1. The van der Waals surface area contributed by atoms with Gasteiger partial charge in [0.25, 0.3) is 5.56 Å². The first-order chi connectivity index (χ1) is 11.6. The standard InChI is InChI=1S/C14H14Cl2N4O4S/c1-19(2)25(23,24)10-5-3-9(4-6-10)18-12(21)8-20-14(22)13(16)11(15)7-17-20/h3-7H,8H2,1-2H3,(H,18,21). The molecule has 1 heterocycles. The summed E-state index contributed by atoms with van der Waals surface area (Å²) in [4.78, 5) is 23.9. The van der Waals surface area contributed by atoms with Crippen molar-refractivity contribution in [3.8, 4) is 0 Å². The molecule has 1 amide bonds. The molecule has 2 aromatic rings. The highest BCUT2D eigenvalue weighted by Crippen LogP contribution is 2.17. The second-order valence-electron chi connectivity index (χ2n) is 5.13. The maximum absolute atomic E-state index is 12.0. The topological polar surface area (TPSA) is 101 Å². The van der Waals surface area contributed by atoms with E-state index in [9.17, 15) is 18.0 Å². The molecule has 0 aliphatic rings. The van der Waals surface area contributed by atoms with Gasteiger partial charge in [-0.25, -0.2) is 17.4 Å². The van der Waals surface area contributed by atoms with E-state index in [-0.39, 0.29) is 21.5 Å². The quantitative estimate of drug-likeness (QED) is 0.811. The summed E-state index contributed by atoms with van der Waals surface area (Å²) < 4.78 is 25.9. The number of rotatable bonds is 5. The van der Waals surface area contributed by atoms with E-state index in [2.05, 4.69) is 10.4 Å². The number of hydrogen-bond acceptors (Lipinski definition) is 5. The summed E-state index contributed by atoms with van der Waals surface area (Å²) in [7, 11) is -0.700. The lowest BCUT2D eigenvalue weighted by Gasteiger charge is -2.12. The van der Waals surface area contributed by atoms with Crippen molar-refractivity contribution in [3.05, 3.63) is 50.9 Å². The fourth-order valence-corrected chi connectivity index (χ4v) is 2.99. The predicted octanol–water partition coefficient (Wildman–Crippen LogP) is 1.44. The van der Waals surface area contributed by atoms with Crippen molar-refractivity contribution in [2.45, 2.75) is 11.4 Å². The van der Waals surface area contributed by atoms with E-state index < -0.39 is 21.5 Å². The van der Waals surface area contributed by atoms with Gasteiger partial charge in [-0.3, -0.25) is 9.59 Å². The first kappa shape index (κ1) is 19.4. The Balaban J connectivity index is 2.12. The van der Waals surface area contributed by atoms with Crippen LogP contribution in [-0.2, 0) is 21.4 Å². The number of hydrogen-bond donors (Lipinski definition) is 1. The molecule has 2 rings (SSSR count). The van der Waals surface area contributed by atoms with Crippen LogP contribution in [0, 0.1) is 0 Å². The minimum atomic E-state index is -3.55. The lowest BCUT2D eigenvalue weighted by Crippen LogP contribution is -2.29. The zero-order valence-corrected chi connectivity index (χ0v) is 15.6. The average Bonchev–Trinajstić information content (AvgIpc) is 2.56. The Hall–Kier alpha value is -1.94. The largest absolute Gasteiger partial charge is 0.324 e. The molecule has 0 saturated heterocycles. The fraction of sp³-hybridized carbons (Fsp3) is 0.214. The van der Waals surface area contributed by atoms with Gasteiger partial charge in [0.1, 0.15) is 11.6 Å². The Morgan fingerprint density at radius 3 is 2.40 bits per heavy atom. The van der Waals surface area contributed by atoms with E-state index in [1.807, 2.05) is 0 Å². The number of nitrogens with one attached hydrogen (secondary N) is 1. The van der Waals surface area contributed by atoms with Gasteiger partial charge in [-0.2, -0.15) is 5.10 Å². The fourth-order valence-electron chi connectivity index (χ4n) is 1.82. The van der Waals surface area contributed by atoms with E-state index in [0.717, 1.165) is 8.99 Å². The minimum absolute atomic E-state index is 0.000940. The summed E-state index contributed by atoms with van der Waals surface area (Å²) in [6.07, 6.45) is 1.17. The molecule has 0 radical (unpaired) electrons. The molecular formula is C14H14Cl2N4O4S. The summed E-state index contributed by atoms with van der Waals surface area (Å²) in [6, 6.07) is 5.63. The highest BCUT2D eigenvalue weighted by atomic mass is 35.5. The number of benzene rings is 1. The third-order valence-corrected chi connectivity index (χ3v) is 5.73. The van der Waals surface area contributed by atoms with Crippen molar-refractivity contribution in [3.63, 3.8) is 0 Å². The molecule has 1 N–H and O–H groups in total. The van der Waals surface area contributed by atoms with Gasteiger partial charge in [-0.05, 0) is 24.3 Å². The first-order valence-electron chi connectivity index (χ1n) is 6.86. The van der Waals surface area contributed by atoms with Crippen molar-refractivity contribution in [2.75, 3.05) is 19.4 Å². The van der Waals surface area contributed by atoms with Crippen molar-refractivity contribution in [1.82, 2.24) is 14.1 Å². The monoisotopic (exact) mass is 404 g/mol. The number of nitrogens with zero attached hydrogens (tertiary/aromatic N) is 3. The Bertz CT molecular complexity index is 956. The zero-order valence-electron chi connectivity index (χ0n) is 13.2. The highest BCUT2D eigenvalue weighted by molar-refractivity contribution is 7.89. The normalized spacial score (nSPS) is 11.6. The second kappa shape index (κ2) is 7.52. The molecule has 1 aromatic heterocycles.